The van der Waals surface area contributed by atoms with E-state index in [9.17, 15) is 0 Å². The van der Waals surface area contributed by atoms with Gasteiger partial charge in [0.15, 0.2) is 17.5 Å². The molecule has 0 unspecified atom stereocenters. The minimum atomic E-state index is 0.604. The van der Waals surface area contributed by atoms with Crippen molar-refractivity contribution in [3.8, 4) is 56.7 Å². The number of hydrogen-bond acceptors (Lipinski definition) is 4. The van der Waals surface area contributed by atoms with Crippen LogP contribution in [-0.4, -0.2) is 29.1 Å². The second-order valence-electron chi connectivity index (χ2n) is 20.7. The molecule has 0 saturated heterocycles. The highest BCUT2D eigenvalue weighted by Gasteiger charge is 2.29. The van der Waals surface area contributed by atoms with Crippen molar-refractivity contribution in [1.82, 2.24) is 29.1 Å². The van der Waals surface area contributed by atoms with Crippen LogP contribution in [0.5, 0.6) is 0 Å². The van der Waals surface area contributed by atoms with Gasteiger partial charge < -0.3 is 9.13 Å². The molecule has 0 amide bonds. The van der Waals surface area contributed by atoms with Crippen LogP contribution >= 0.6 is 0 Å². The summed E-state index contributed by atoms with van der Waals surface area (Å²) < 4.78 is 5.18. The molecule has 4 heterocycles. The van der Waals surface area contributed by atoms with Crippen molar-refractivity contribution >= 4 is 43.6 Å². The first kappa shape index (κ1) is 46.7. The lowest BCUT2D eigenvalue weighted by Crippen LogP contribution is -2.06. The minimum absolute atomic E-state index is 0.604. The number of hydrogen-bond donors (Lipinski definition) is 0. The van der Waals surface area contributed by atoms with E-state index in [2.05, 4.69) is 175 Å². The first-order chi connectivity index (χ1) is 34.4. The van der Waals surface area contributed by atoms with Gasteiger partial charge in [-0.05, 0) is 224 Å². The van der Waals surface area contributed by atoms with Crippen molar-refractivity contribution in [2.75, 3.05) is 0 Å². The average Bonchev–Trinajstić information content (AvgIpc) is 3.96. The van der Waals surface area contributed by atoms with Crippen LogP contribution in [0.1, 0.15) is 89.0 Å². The van der Waals surface area contributed by atoms with Crippen molar-refractivity contribution < 1.29 is 0 Å². The van der Waals surface area contributed by atoms with Gasteiger partial charge in [0.2, 0.25) is 0 Å². The van der Waals surface area contributed by atoms with E-state index in [1.807, 2.05) is 42.6 Å². The summed E-state index contributed by atoms with van der Waals surface area (Å²) >= 11 is 0. The maximum atomic E-state index is 5.30. The lowest BCUT2D eigenvalue weighted by molar-refractivity contribution is 1.07. The molecule has 0 atom stereocenters. The van der Waals surface area contributed by atoms with E-state index in [-0.39, 0.29) is 0 Å². The monoisotopic (exact) mass is 941 g/mol. The van der Waals surface area contributed by atoms with Gasteiger partial charge in [0.05, 0.1) is 33.4 Å². The quantitative estimate of drug-likeness (QED) is 0.167. The molecule has 0 fully saturated rings. The van der Waals surface area contributed by atoms with Crippen molar-refractivity contribution in [1.29, 1.82) is 0 Å². The number of aromatic nitrogens is 6. The molecule has 72 heavy (non-hydrogen) atoms. The maximum absolute atomic E-state index is 5.30. The number of rotatable bonds is 6. The topological polar surface area (TPSA) is 61.4 Å². The molecule has 11 aromatic rings. The molecule has 358 valence electrons. The molecule has 0 aliphatic rings. The van der Waals surface area contributed by atoms with E-state index >= 15 is 0 Å². The third-order valence-corrected chi connectivity index (χ3v) is 17.5. The van der Waals surface area contributed by atoms with Crippen LogP contribution < -0.4 is 0 Å². The van der Waals surface area contributed by atoms with Gasteiger partial charge in [0.25, 0.3) is 0 Å². The maximum Gasteiger partial charge on any atom is 0.164 e. The van der Waals surface area contributed by atoms with Crippen molar-refractivity contribution in [2.45, 2.75) is 111 Å². The zero-order chi connectivity index (χ0) is 50.9. The molecule has 7 aromatic carbocycles. The number of pyridine rings is 1. The summed E-state index contributed by atoms with van der Waals surface area (Å²) in [5, 5.41) is 5.30. The lowest BCUT2D eigenvalue weighted by atomic mass is 9.90. The normalized spacial score (nSPS) is 11.9. The highest BCUT2D eigenvalue weighted by atomic mass is 15.0. The Balaban J connectivity index is 1.34. The van der Waals surface area contributed by atoms with Crippen LogP contribution in [0.15, 0.2) is 97.3 Å². The molecular formula is C66H64N6. The summed E-state index contributed by atoms with van der Waals surface area (Å²) in [4.78, 5) is 20.7. The second-order valence-corrected chi connectivity index (χ2v) is 20.7. The van der Waals surface area contributed by atoms with Crippen LogP contribution in [-0.2, 0) is 0 Å². The van der Waals surface area contributed by atoms with E-state index in [1.54, 1.807) is 0 Å². The van der Waals surface area contributed by atoms with Crippen molar-refractivity contribution in [3.63, 3.8) is 0 Å². The lowest BCUT2D eigenvalue weighted by Gasteiger charge is -2.22. The fourth-order valence-corrected chi connectivity index (χ4v) is 12.0. The first-order valence-electron chi connectivity index (χ1n) is 25.4. The number of fused-ring (bicyclic) bond motifs is 6. The van der Waals surface area contributed by atoms with Gasteiger partial charge in [-0.25, -0.2) is 15.0 Å². The Morgan fingerprint density at radius 2 is 0.611 bits per heavy atom. The number of nitrogens with zero attached hydrogens (tertiary/aromatic N) is 6. The predicted octanol–water partition coefficient (Wildman–Crippen LogP) is 17.1. The van der Waals surface area contributed by atoms with E-state index in [0.717, 1.165) is 39.2 Å². The van der Waals surface area contributed by atoms with Gasteiger partial charge >= 0.3 is 0 Å². The van der Waals surface area contributed by atoms with Crippen LogP contribution in [0.4, 0.5) is 0 Å². The van der Waals surface area contributed by atoms with Gasteiger partial charge in [-0.1, -0.05) is 60.7 Å². The molecule has 0 aliphatic heterocycles. The predicted molar refractivity (Wildman–Crippen MR) is 304 cm³/mol. The zero-order valence-corrected chi connectivity index (χ0v) is 44.9. The van der Waals surface area contributed by atoms with Gasteiger partial charge in [-0.2, -0.15) is 0 Å². The molecule has 0 saturated carbocycles. The third-order valence-electron chi connectivity index (χ3n) is 17.5. The summed E-state index contributed by atoms with van der Waals surface area (Å²) in [5.41, 5.74) is 33.1. The van der Waals surface area contributed by atoms with E-state index in [4.69, 9.17) is 19.9 Å². The molecule has 0 aliphatic carbocycles. The summed E-state index contributed by atoms with van der Waals surface area (Å²) in [7, 11) is 0. The zero-order valence-electron chi connectivity index (χ0n) is 44.9. The average molecular weight is 941 g/mol. The molecular weight excluding hydrogens is 877 g/mol. The van der Waals surface area contributed by atoms with Gasteiger partial charge in [0.1, 0.15) is 0 Å². The van der Waals surface area contributed by atoms with E-state index in [1.165, 1.54) is 133 Å². The molecule has 11 rings (SSSR count). The van der Waals surface area contributed by atoms with Gasteiger partial charge in [-0.3, -0.25) is 4.98 Å². The van der Waals surface area contributed by atoms with E-state index < -0.39 is 0 Å². The first-order valence-corrected chi connectivity index (χ1v) is 25.4. The highest BCUT2D eigenvalue weighted by Crippen LogP contribution is 2.49. The Morgan fingerprint density at radius 1 is 0.292 bits per heavy atom. The van der Waals surface area contributed by atoms with Crippen LogP contribution in [0.25, 0.3) is 100 Å². The third kappa shape index (κ3) is 6.60. The molecule has 6 nitrogen and oxygen atoms in total. The Kier molecular flexibility index (Phi) is 11.0. The summed E-state index contributed by atoms with van der Waals surface area (Å²) in [6, 6.07) is 29.6. The minimum Gasteiger partial charge on any atom is -0.308 e. The second kappa shape index (κ2) is 17.0. The van der Waals surface area contributed by atoms with E-state index in [0.29, 0.717) is 17.5 Å². The number of benzene rings is 7. The number of aryl methyl sites for hydroxylation is 8. The molecule has 0 spiro atoms. The summed E-state index contributed by atoms with van der Waals surface area (Å²) in [5.74, 6) is 1.86. The molecule has 6 heteroatoms. The Morgan fingerprint density at radius 3 is 0.972 bits per heavy atom. The molecule has 0 bridgehead atoms. The standard InChI is InChI=1S/C66H64N6/c1-33-37(5)45(13)60-56(41(33)9)57-42(10)34(2)38(6)46(14)61(57)71(60)54-28-27-51(66-69-64(49-23-19-17-20-24-49)68-65(70-66)50-25-21-18-22-26-50)31-52(54)53-32-67-30-29-55(53)72-62-47(15)39(7)35(3)43(11)58(62)59-44(12)36(4)40(8)48(16)63(59)72/h17-32H,1-16H3. The fraction of sp³-hybridized carbons (Fsp3) is 0.242. The van der Waals surface area contributed by atoms with Crippen molar-refractivity contribution in [3.05, 3.63) is 186 Å². The summed E-state index contributed by atoms with van der Waals surface area (Å²) in [6.45, 7) is 36.9. The fourth-order valence-electron chi connectivity index (χ4n) is 12.0. The van der Waals surface area contributed by atoms with Gasteiger partial charge in [0, 0.05) is 61.8 Å². The van der Waals surface area contributed by atoms with Crippen molar-refractivity contribution in [2.24, 2.45) is 0 Å². The Bertz CT molecular complexity index is 3920. The highest BCUT2D eigenvalue weighted by molar-refractivity contribution is 6.17. The summed E-state index contributed by atoms with van der Waals surface area (Å²) in [6.07, 6.45) is 4.06. The smallest absolute Gasteiger partial charge is 0.164 e. The largest absolute Gasteiger partial charge is 0.308 e. The van der Waals surface area contributed by atoms with Crippen LogP contribution in [0, 0.1) is 111 Å². The Labute approximate surface area is 424 Å². The molecule has 0 radical (unpaired) electrons. The van der Waals surface area contributed by atoms with Crippen LogP contribution in [0.3, 0.4) is 0 Å². The molecule has 0 N–H and O–H groups in total. The molecule has 4 aromatic heterocycles. The SMILES string of the molecule is Cc1c(C)c(C)c2c(c1C)c1c(C)c(C)c(C)c(C)c1n2-c1ccncc1-c1cc(-c2nc(-c3ccccc3)nc(-c3ccccc3)n2)ccc1-n1c2c(C)c(C)c(C)c(C)c2c2c(C)c(C)c(C)c(C)c21. The Hall–Kier alpha value is -7.70. The van der Waals surface area contributed by atoms with Crippen LogP contribution in [0.2, 0.25) is 0 Å². The van der Waals surface area contributed by atoms with Gasteiger partial charge in [-0.15, -0.1) is 0 Å².